The molecule has 0 saturated carbocycles. The van der Waals surface area contributed by atoms with Gasteiger partial charge < -0.3 is 10.2 Å². The van der Waals surface area contributed by atoms with E-state index in [2.05, 4.69) is 5.32 Å². The molecule has 1 saturated heterocycles. The molecule has 2 atom stereocenters. The number of carbonyl (C=O) groups is 2. The Hall–Kier alpha value is -2.83. The number of hydrogen-bond donors (Lipinski definition) is 1. The molecule has 1 aliphatic rings. The van der Waals surface area contributed by atoms with E-state index in [1.807, 2.05) is 32.0 Å². The van der Waals surface area contributed by atoms with Crippen molar-refractivity contribution in [3.63, 3.8) is 0 Å². The molecule has 0 aromatic heterocycles. The molecule has 3 rings (SSSR count). The molecule has 0 radical (unpaired) electrons. The van der Waals surface area contributed by atoms with Crippen molar-refractivity contribution in [1.82, 2.24) is 4.90 Å². The zero-order valence-corrected chi connectivity index (χ0v) is 15.8. The normalized spacial score (nSPS) is 19.8. The number of hydrogen-bond acceptors (Lipinski definition) is 2. The van der Waals surface area contributed by atoms with Crippen LogP contribution in [0, 0.1) is 19.8 Å². The Morgan fingerprint density at radius 2 is 1.71 bits per heavy atom. The van der Waals surface area contributed by atoms with Gasteiger partial charge in [0.15, 0.2) is 0 Å². The molecular weight excluding hydrogens is 369 g/mol. The Bertz CT molecular complexity index is 904. The smallest absolute Gasteiger partial charge is 0.344 e. The lowest BCUT2D eigenvalue weighted by atomic mass is 9.86. The van der Waals surface area contributed by atoms with Crippen LogP contribution in [0.5, 0.6) is 0 Å². The van der Waals surface area contributed by atoms with Crippen LogP contribution in [0.15, 0.2) is 42.5 Å². The summed E-state index contributed by atoms with van der Waals surface area (Å²) in [5, 5.41) is 2.33. The van der Waals surface area contributed by atoms with E-state index in [-0.39, 0.29) is 5.69 Å². The van der Waals surface area contributed by atoms with Crippen molar-refractivity contribution in [1.29, 1.82) is 0 Å². The number of rotatable bonds is 3. The van der Waals surface area contributed by atoms with Crippen LogP contribution in [0.4, 0.5) is 18.9 Å². The highest BCUT2D eigenvalue weighted by Crippen LogP contribution is 2.37. The van der Waals surface area contributed by atoms with Gasteiger partial charge in [-0.15, -0.1) is 0 Å². The van der Waals surface area contributed by atoms with Gasteiger partial charge in [0, 0.05) is 19.5 Å². The summed E-state index contributed by atoms with van der Waals surface area (Å²) in [4.78, 5) is 26.9. The fourth-order valence-corrected chi connectivity index (χ4v) is 3.77. The summed E-state index contributed by atoms with van der Waals surface area (Å²) >= 11 is 0. The molecular formula is C21H21F3N2O2. The number of nitrogens with one attached hydrogen (secondary N) is 1. The molecule has 148 valence electrons. The molecule has 28 heavy (non-hydrogen) atoms. The van der Waals surface area contributed by atoms with Crippen molar-refractivity contribution < 1.29 is 22.8 Å². The first-order valence-electron chi connectivity index (χ1n) is 8.88. The first kappa shape index (κ1) is 19.9. The Balaban J connectivity index is 1.94. The van der Waals surface area contributed by atoms with E-state index in [0.717, 1.165) is 22.8 Å². The van der Waals surface area contributed by atoms with Crippen molar-refractivity contribution in [2.75, 3.05) is 18.9 Å². The molecule has 0 aliphatic carbocycles. The molecule has 2 amide bonds. The third-order valence-electron chi connectivity index (χ3n) is 4.96. The number of para-hydroxylation sites is 1. The van der Waals surface area contributed by atoms with E-state index in [4.69, 9.17) is 0 Å². The number of nitrogens with zero attached hydrogens (tertiary/aromatic N) is 1. The van der Waals surface area contributed by atoms with Crippen molar-refractivity contribution in [2.24, 2.45) is 5.92 Å². The second kappa shape index (κ2) is 7.30. The summed E-state index contributed by atoms with van der Waals surface area (Å²) in [7, 11) is 1.59. The highest BCUT2D eigenvalue weighted by atomic mass is 19.4. The van der Waals surface area contributed by atoms with E-state index in [1.54, 1.807) is 7.05 Å². The van der Waals surface area contributed by atoms with Crippen LogP contribution >= 0.6 is 0 Å². The number of likely N-dealkylation sites (tertiary alicyclic amines) is 1. The minimum atomic E-state index is -4.60. The van der Waals surface area contributed by atoms with E-state index in [9.17, 15) is 22.8 Å². The highest BCUT2D eigenvalue weighted by Gasteiger charge is 2.45. The summed E-state index contributed by atoms with van der Waals surface area (Å²) in [6, 6.07) is 10.6. The van der Waals surface area contributed by atoms with Crippen molar-refractivity contribution >= 4 is 17.5 Å². The summed E-state index contributed by atoms with van der Waals surface area (Å²) in [6.07, 6.45) is -4.60. The lowest BCUT2D eigenvalue weighted by molar-refractivity contribution is -0.137. The number of anilines is 1. The third kappa shape index (κ3) is 3.88. The van der Waals surface area contributed by atoms with Gasteiger partial charge in [0.05, 0.1) is 11.3 Å². The van der Waals surface area contributed by atoms with Crippen molar-refractivity contribution in [3.8, 4) is 0 Å². The second-order valence-electron chi connectivity index (χ2n) is 7.26. The van der Waals surface area contributed by atoms with Crippen LogP contribution in [0.2, 0.25) is 0 Å². The van der Waals surface area contributed by atoms with Crippen molar-refractivity contribution in [3.05, 3.63) is 64.7 Å². The van der Waals surface area contributed by atoms with E-state index in [0.29, 0.717) is 6.54 Å². The Labute approximate surface area is 161 Å². The minimum absolute atomic E-state index is 0.334. The van der Waals surface area contributed by atoms with Gasteiger partial charge in [-0.2, -0.15) is 13.2 Å². The molecule has 7 heteroatoms. The SMILES string of the molecule is Cc1cc(C)cc([C@H]2CN(C)C(=O)[C@@H]2C(=O)Nc2ccccc2C(F)(F)F)c1. The molecule has 2 aromatic rings. The van der Waals surface area contributed by atoms with Crippen LogP contribution in [-0.2, 0) is 15.8 Å². The average Bonchev–Trinajstić information content (AvgIpc) is 2.89. The lowest BCUT2D eigenvalue weighted by Crippen LogP contribution is -2.33. The predicted octanol–water partition coefficient (Wildman–Crippen LogP) is 4.13. The first-order valence-corrected chi connectivity index (χ1v) is 8.88. The molecule has 0 spiro atoms. The predicted molar refractivity (Wildman–Crippen MR) is 99.9 cm³/mol. The van der Waals surface area contributed by atoms with Gasteiger partial charge >= 0.3 is 6.18 Å². The Kier molecular flexibility index (Phi) is 5.19. The monoisotopic (exact) mass is 390 g/mol. The van der Waals surface area contributed by atoms with Gasteiger partial charge in [-0.1, -0.05) is 41.5 Å². The largest absolute Gasteiger partial charge is 0.418 e. The summed E-state index contributed by atoms with van der Waals surface area (Å²) in [5.41, 5.74) is 1.54. The number of halogens is 3. The molecule has 2 aromatic carbocycles. The molecule has 1 N–H and O–H groups in total. The maximum atomic E-state index is 13.2. The fraction of sp³-hybridized carbons (Fsp3) is 0.333. The van der Waals surface area contributed by atoms with Crippen molar-refractivity contribution in [2.45, 2.75) is 25.9 Å². The van der Waals surface area contributed by atoms with Crippen LogP contribution in [-0.4, -0.2) is 30.3 Å². The number of alkyl halides is 3. The zero-order chi connectivity index (χ0) is 20.6. The molecule has 0 unspecified atom stereocenters. The maximum Gasteiger partial charge on any atom is 0.418 e. The van der Waals surface area contributed by atoms with E-state index >= 15 is 0 Å². The van der Waals surface area contributed by atoms with E-state index < -0.39 is 35.4 Å². The van der Waals surface area contributed by atoms with Crippen LogP contribution in [0.1, 0.15) is 28.2 Å². The molecule has 1 heterocycles. The molecule has 0 bridgehead atoms. The Morgan fingerprint density at radius 1 is 1.11 bits per heavy atom. The topological polar surface area (TPSA) is 49.4 Å². The standard InChI is InChI=1S/C21H21F3N2O2/c1-12-8-13(2)10-14(9-12)15-11-26(3)20(28)18(15)19(27)25-17-7-5-4-6-16(17)21(22,23)24/h4-10,15,18H,11H2,1-3H3,(H,25,27)/t15-,18+/m1/s1. The van der Waals surface area contributed by atoms with Gasteiger partial charge in [0.25, 0.3) is 0 Å². The van der Waals surface area contributed by atoms with Gasteiger partial charge in [0.1, 0.15) is 5.92 Å². The Morgan fingerprint density at radius 3 is 2.32 bits per heavy atom. The maximum absolute atomic E-state index is 13.2. The highest BCUT2D eigenvalue weighted by molar-refractivity contribution is 6.08. The van der Waals surface area contributed by atoms with Gasteiger partial charge in [0.2, 0.25) is 11.8 Å². The molecule has 1 aliphatic heterocycles. The lowest BCUT2D eigenvalue weighted by Gasteiger charge is -2.19. The van der Waals surface area contributed by atoms with Crippen LogP contribution in [0.25, 0.3) is 0 Å². The molecule has 4 nitrogen and oxygen atoms in total. The number of carbonyl (C=O) groups excluding carboxylic acids is 2. The number of likely N-dealkylation sites (N-methyl/N-ethyl adjacent to an activating group) is 1. The third-order valence-corrected chi connectivity index (χ3v) is 4.96. The zero-order valence-electron chi connectivity index (χ0n) is 15.8. The summed E-state index contributed by atoms with van der Waals surface area (Å²) in [5.74, 6) is -2.62. The van der Waals surface area contributed by atoms with Crippen LogP contribution in [0.3, 0.4) is 0 Å². The number of amides is 2. The summed E-state index contributed by atoms with van der Waals surface area (Å²) < 4.78 is 39.7. The number of benzene rings is 2. The van der Waals surface area contributed by atoms with E-state index in [1.165, 1.54) is 23.1 Å². The van der Waals surface area contributed by atoms with Gasteiger partial charge in [-0.25, -0.2) is 0 Å². The second-order valence-corrected chi connectivity index (χ2v) is 7.26. The quantitative estimate of drug-likeness (QED) is 0.801. The van der Waals surface area contributed by atoms with Gasteiger partial charge in [-0.3, -0.25) is 9.59 Å². The summed E-state index contributed by atoms with van der Waals surface area (Å²) in [6.45, 7) is 4.18. The molecule has 1 fully saturated rings. The average molecular weight is 390 g/mol. The number of aryl methyl sites for hydroxylation is 2. The first-order chi connectivity index (χ1) is 13.1. The minimum Gasteiger partial charge on any atom is -0.344 e. The fourth-order valence-electron chi connectivity index (χ4n) is 3.77. The van der Waals surface area contributed by atoms with Gasteiger partial charge in [-0.05, 0) is 31.5 Å². The van der Waals surface area contributed by atoms with Crippen LogP contribution < -0.4 is 5.32 Å².